The molecule has 0 aromatic carbocycles. The summed E-state index contributed by atoms with van der Waals surface area (Å²) in [6, 6.07) is 0. The van der Waals surface area contributed by atoms with Crippen LogP contribution in [0.25, 0.3) is 0 Å². The van der Waals surface area contributed by atoms with Crippen molar-refractivity contribution in [3.8, 4) is 0 Å². The van der Waals surface area contributed by atoms with E-state index in [1.807, 2.05) is 20.8 Å². The molecule has 74 valence electrons. The second-order valence-electron chi connectivity index (χ2n) is 3.84. The van der Waals surface area contributed by atoms with Crippen LogP contribution in [0.2, 0.25) is 0 Å². The number of nitrogens with zero attached hydrogens (tertiary/aromatic N) is 1. The summed E-state index contributed by atoms with van der Waals surface area (Å²) in [6.45, 7) is 8.13. The van der Waals surface area contributed by atoms with Gasteiger partial charge in [0.05, 0.1) is 0 Å². The van der Waals surface area contributed by atoms with Gasteiger partial charge in [0.2, 0.25) is 0 Å². The molecule has 0 fully saturated rings. The summed E-state index contributed by atoms with van der Waals surface area (Å²) in [5.41, 5.74) is 3.13. The average Bonchev–Trinajstić information content (AvgIpc) is 2.29. The zero-order chi connectivity index (χ0) is 10.2. The van der Waals surface area contributed by atoms with Gasteiger partial charge in [-0.2, -0.15) is 4.39 Å². The number of halogens is 1. The van der Waals surface area contributed by atoms with Crippen molar-refractivity contribution < 1.29 is 4.39 Å². The molecule has 1 rings (SSSR count). The van der Waals surface area contributed by atoms with E-state index in [1.165, 1.54) is 5.56 Å². The lowest BCUT2D eigenvalue weighted by atomic mass is 9.99. The fourth-order valence-electron chi connectivity index (χ4n) is 1.88. The number of rotatable bonds is 2. The van der Waals surface area contributed by atoms with Gasteiger partial charge in [0, 0.05) is 18.3 Å². The van der Waals surface area contributed by atoms with Crippen molar-refractivity contribution >= 4 is 0 Å². The molecule has 0 N–H and O–H groups in total. The highest BCUT2D eigenvalue weighted by atomic mass is 19.1. The lowest BCUT2D eigenvalue weighted by molar-refractivity contribution is 0.512. The van der Waals surface area contributed by atoms with E-state index < -0.39 is 0 Å². The Morgan fingerprint density at radius 2 is 1.92 bits per heavy atom. The zero-order valence-corrected chi connectivity index (χ0v) is 9.11. The van der Waals surface area contributed by atoms with Gasteiger partial charge < -0.3 is 4.57 Å². The fraction of sp³-hybridized carbons (Fsp3) is 0.636. The van der Waals surface area contributed by atoms with Crippen molar-refractivity contribution in [2.75, 3.05) is 0 Å². The van der Waals surface area contributed by atoms with Gasteiger partial charge in [0.1, 0.15) is 0 Å². The largest absolute Gasteiger partial charge is 0.325 e. The Balaban J connectivity index is 3.39. The van der Waals surface area contributed by atoms with E-state index in [0.29, 0.717) is 0 Å². The molecular weight excluding hydrogens is 165 g/mol. The van der Waals surface area contributed by atoms with Crippen LogP contribution < -0.4 is 0 Å². The SMILES string of the molecule is CCc1c(C(C)C)c(F)n(C)c1C. The van der Waals surface area contributed by atoms with E-state index in [0.717, 1.165) is 17.7 Å². The van der Waals surface area contributed by atoms with Gasteiger partial charge in [0.25, 0.3) is 0 Å². The Labute approximate surface area is 79.6 Å². The molecule has 1 nitrogen and oxygen atoms in total. The molecule has 0 aliphatic carbocycles. The third kappa shape index (κ3) is 1.50. The van der Waals surface area contributed by atoms with Crippen LogP contribution in [0.4, 0.5) is 4.39 Å². The van der Waals surface area contributed by atoms with Crippen LogP contribution in [0.1, 0.15) is 43.5 Å². The maximum absolute atomic E-state index is 13.7. The van der Waals surface area contributed by atoms with Crippen LogP contribution in [-0.4, -0.2) is 4.57 Å². The Bertz CT molecular complexity index is 310. The quantitative estimate of drug-likeness (QED) is 0.663. The van der Waals surface area contributed by atoms with Crippen molar-refractivity contribution in [2.45, 2.75) is 40.0 Å². The second-order valence-corrected chi connectivity index (χ2v) is 3.84. The monoisotopic (exact) mass is 183 g/mol. The summed E-state index contributed by atoms with van der Waals surface area (Å²) in [4.78, 5) is 0. The van der Waals surface area contributed by atoms with Gasteiger partial charge in [-0.05, 0) is 24.8 Å². The zero-order valence-electron chi connectivity index (χ0n) is 9.11. The van der Waals surface area contributed by atoms with Crippen molar-refractivity contribution in [1.82, 2.24) is 4.57 Å². The van der Waals surface area contributed by atoms with Gasteiger partial charge in [-0.25, -0.2) is 0 Å². The molecule has 0 aliphatic heterocycles. The molecule has 0 aliphatic rings. The van der Waals surface area contributed by atoms with E-state index in [2.05, 4.69) is 6.92 Å². The fourth-order valence-corrected chi connectivity index (χ4v) is 1.88. The van der Waals surface area contributed by atoms with Crippen molar-refractivity contribution in [3.63, 3.8) is 0 Å². The summed E-state index contributed by atoms with van der Waals surface area (Å²) < 4.78 is 15.3. The molecule has 13 heavy (non-hydrogen) atoms. The first-order valence-electron chi connectivity index (χ1n) is 4.84. The Kier molecular flexibility index (Phi) is 2.79. The highest BCUT2D eigenvalue weighted by molar-refractivity contribution is 5.35. The Hall–Kier alpha value is -0.790. The molecule has 0 atom stereocenters. The maximum Gasteiger partial charge on any atom is 0.197 e. The minimum atomic E-state index is -0.0654. The van der Waals surface area contributed by atoms with Crippen molar-refractivity contribution in [2.24, 2.45) is 7.05 Å². The summed E-state index contributed by atoms with van der Waals surface area (Å²) in [5.74, 6) is 0.208. The van der Waals surface area contributed by atoms with Gasteiger partial charge in [-0.15, -0.1) is 0 Å². The van der Waals surface area contributed by atoms with Gasteiger partial charge in [-0.3, -0.25) is 0 Å². The van der Waals surface area contributed by atoms with Crippen LogP contribution in [-0.2, 0) is 13.5 Å². The molecule has 0 spiro atoms. The summed E-state index contributed by atoms with van der Waals surface area (Å²) in [5, 5.41) is 0. The van der Waals surface area contributed by atoms with Crippen LogP contribution in [0.3, 0.4) is 0 Å². The van der Waals surface area contributed by atoms with E-state index >= 15 is 0 Å². The molecule has 0 unspecified atom stereocenters. The molecule has 0 amide bonds. The van der Waals surface area contributed by atoms with Crippen LogP contribution in [0.15, 0.2) is 0 Å². The second kappa shape index (κ2) is 3.52. The number of hydrogen-bond acceptors (Lipinski definition) is 0. The van der Waals surface area contributed by atoms with Crippen LogP contribution in [0, 0.1) is 12.9 Å². The summed E-state index contributed by atoms with van der Waals surface area (Å²) >= 11 is 0. The summed E-state index contributed by atoms with van der Waals surface area (Å²) in [7, 11) is 1.79. The predicted octanol–water partition coefficient (Wildman–Crippen LogP) is 3.16. The van der Waals surface area contributed by atoms with E-state index in [9.17, 15) is 4.39 Å². The van der Waals surface area contributed by atoms with Crippen LogP contribution in [0.5, 0.6) is 0 Å². The first kappa shape index (κ1) is 10.3. The number of aromatic nitrogens is 1. The van der Waals surface area contributed by atoms with E-state index in [4.69, 9.17) is 0 Å². The first-order chi connectivity index (χ1) is 6.00. The molecule has 2 heteroatoms. The molecule has 0 saturated carbocycles. The normalized spacial score (nSPS) is 11.3. The Morgan fingerprint density at radius 1 is 1.38 bits per heavy atom. The maximum atomic E-state index is 13.7. The van der Waals surface area contributed by atoms with Crippen molar-refractivity contribution in [3.05, 3.63) is 22.8 Å². The summed E-state index contributed by atoms with van der Waals surface area (Å²) in [6.07, 6.45) is 0.914. The molecular formula is C11H18FN. The third-order valence-corrected chi connectivity index (χ3v) is 2.71. The highest BCUT2D eigenvalue weighted by Crippen LogP contribution is 2.27. The van der Waals surface area contributed by atoms with E-state index in [1.54, 1.807) is 11.6 Å². The van der Waals surface area contributed by atoms with Crippen LogP contribution >= 0.6 is 0 Å². The lowest BCUT2D eigenvalue weighted by Crippen LogP contribution is -1.96. The highest BCUT2D eigenvalue weighted by Gasteiger charge is 2.18. The first-order valence-corrected chi connectivity index (χ1v) is 4.84. The standard InChI is InChI=1S/C11H18FN/c1-6-9-8(4)13(5)11(12)10(9)7(2)3/h7H,6H2,1-5H3. The topological polar surface area (TPSA) is 4.93 Å². The minimum Gasteiger partial charge on any atom is -0.325 e. The smallest absolute Gasteiger partial charge is 0.197 e. The molecule has 0 saturated heterocycles. The van der Waals surface area contributed by atoms with Gasteiger partial charge in [0.15, 0.2) is 5.95 Å². The third-order valence-electron chi connectivity index (χ3n) is 2.71. The predicted molar refractivity (Wildman–Crippen MR) is 53.6 cm³/mol. The molecule has 0 radical (unpaired) electrons. The molecule has 1 aromatic heterocycles. The van der Waals surface area contributed by atoms with E-state index in [-0.39, 0.29) is 11.9 Å². The minimum absolute atomic E-state index is 0.0654. The average molecular weight is 183 g/mol. The van der Waals surface area contributed by atoms with Gasteiger partial charge >= 0.3 is 0 Å². The van der Waals surface area contributed by atoms with Gasteiger partial charge in [-0.1, -0.05) is 20.8 Å². The Morgan fingerprint density at radius 3 is 2.23 bits per heavy atom. The molecule has 0 bridgehead atoms. The van der Waals surface area contributed by atoms with Crippen molar-refractivity contribution in [1.29, 1.82) is 0 Å². The number of hydrogen-bond donors (Lipinski definition) is 0. The molecule has 1 heterocycles. The lowest BCUT2D eigenvalue weighted by Gasteiger charge is -2.05. The molecule has 1 aromatic rings.